The molecule has 3 rings (SSSR count). The van der Waals surface area contributed by atoms with Gasteiger partial charge in [0.05, 0.1) is 0 Å². The summed E-state index contributed by atoms with van der Waals surface area (Å²) < 4.78 is 1.10. The van der Waals surface area contributed by atoms with Gasteiger partial charge in [-0.05, 0) is 0 Å². The van der Waals surface area contributed by atoms with Gasteiger partial charge in [-0.3, -0.25) is 0 Å². The molecule has 3 nitrogen and oxygen atoms in total. The third-order valence-electron chi connectivity index (χ3n) is 5.77. The minimum atomic E-state index is -0.823. The van der Waals surface area contributed by atoms with E-state index in [2.05, 4.69) is 20.8 Å². The number of hydrogen-bond donors (Lipinski definition) is 1. The Balaban J connectivity index is 1.97. The van der Waals surface area contributed by atoms with Gasteiger partial charge >= 0.3 is 149 Å². The average molecular weight is 391 g/mol. The second-order valence-corrected chi connectivity index (χ2v) is 9.76. The zero-order valence-corrected chi connectivity index (χ0v) is 16.1. The Morgan fingerprint density at radius 1 is 1.12 bits per heavy atom. The van der Waals surface area contributed by atoms with Crippen LogP contribution in [0.25, 0.3) is 0 Å². The molecule has 24 heavy (non-hydrogen) atoms. The van der Waals surface area contributed by atoms with Gasteiger partial charge in [0.15, 0.2) is 0 Å². The fourth-order valence-corrected chi connectivity index (χ4v) is 6.62. The zero-order valence-electron chi connectivity index (χ0n) is 14.4. The Hall–Kier alpha value is -1.38. The second-order valence-electron chi connectivity index (χ2n) is 7.21. The van der Waals surface area contributed by atoms with Crippen molar-refractivity contribution in [3.05, 3.63) is 41.5 Å². The SMILES string of the molecule is CC1CC2=C(C(=O)C([Se]c3ccccc3)C(C(=O)O)C2)C(C)C1C. The van der Waals surface area contributed by atoms with Gasteiger partial charge in [0.1, 0.15) is 0 Å². The first-order chi connectivity index (χ1) is 11.4. The number of hydrogen-bond acceptors (Lipinski definition) is 2. The van der Waals surface area contributed by atoms with Crippen molar-refractivity contribution in [2.24, 2.45) is 23.7 Å². The number of rotatable bonds is 3. The van der Waals surface area contributed by atoms with Crippen molar-refractivity contribution >= 4 is 31.2 Å². The van der Waals surface area contributed by atoms with E-state index in [0.29, 0.717) is 18.3 Å². The van der Waals surface area contributed by atoms with Crippen LogP contribution in [0.15, 0.2) is 41.5 Å². The molecule has 1 aromatic rings. The molecule has 0 spiro atoms. The maximum atomic E-state index is 13.2. The van der Waals surface area contributed by atoms with Crippen molar-refractivity contribution in [3.63, 3.8) is 0 Å². The number of ketones is 1. The third-order valence-corrected chi connectivity index (χ3v) is 8.58. The fraction of sp³-hybridized carbons (Fsp3) is 0.500. The van der Waals surface area contributed by atoms with E-state index in [9.17, 15) is 14.7 Å². The fourth-order valence-electron chi connectivity index (χ4n) is 4.06. The van der Waals surface area contributed by atoms with Crippen molar-refractivity contribution < 1.29 is 14.7 Å². The van der Waals surface area contributed by atoms with Crippen LogP contribution in [0, 0.1) is 23.7 Å². The molecule has 5 unspecified atom stereocenters. The number of aliphatic carboxylic acids is 1. The number of carboxylic acids is 1. The van der Waals surface area contributed by atoms with E-state index in [0.717, 1.165) is 22.0 Å². The van der Waals surface area contributed by atoms with Crippen molar-refractivity contribution in [1.29, 1.82) is 0 Å². The number of allylic oxidation sites excluding steroid dienone is 2. The van der Waals surface area contributed by atoms with Gasteiger partial charge < -0.3 is 0 Å². The summed E-state index contributed by atoms with van der Waals surface area (Å²) in [6.07, 6.45) is 1.43. The van der Waals surface area contributed by atoms with Gasteiger partial charge in [-0.25, -0.2) is 0 Å². The summed E-state index contributed by atoms with van der Waals surface area (Å²) in [4.78, 5) is 24.7. The van der Waals surface area contributed by atoms with Crippen LogP contribution < -0.4 is 4.46 Å². The van der Waals surface area contributed by atoms with Gasteiger partial charge in [0.25, 0.3) is 0 Å². The van der Waals surface area contributed by atoms with Crippen molar-refractivity contribution in [2.75, 3.05) is 0 Å². The Labute approximate surface area is 149 Å². The van der Waals surface area contributed by atoms with Crippen LogP contribution in [0.5, 0.6) is 0 Å². The molecule has 4 heteroatoms. The predicted octanol–water partition coefficient (Wildman–Crippen LogP) is 3.09. The molecule has 0 heterocycles. The topological polar surface area (TPSA) is 54.4 Å². The molecule has 5 atom stereocenters. The molecular formula is C20H24O3Se. The first kappa shape index (κ1) is 17.4. The van der Waals surface area contributed by atoms with E-state index in [-0.39, 0.29) is 31.5 Å². The Bertz CT molecular complexity index is 679. The summed E-state index contributed by atoms with van der Waals surface area (Å²) >= 11 is -0.147. The number of carbonyl (C=O) groups excluding carboxylic acids is 1. The van der Waals surface area contributed by atoms with Gasteiger partial charge in [-0.1, -0.05) is 0 Å². The number of carbonyl (C=O) groups is 2. The van der Waals surface area contributed by atoms with Gasteiger partial charge in [0.2, 0.25) is 0 Å². The molecule has 0 aromatic heterocycles. The molecular weight excluding hydrogens is 367 g/mol. The normalized spacial score (nSPS) is 33.3. The first-order valence-corrected chi connectivity index (χ1v) is 10.4. The van der Waals surface area contributed by atoms with Crippen LogP contribution in [-0.4, -0.2) is 31.8 Å². The zero-order chi connectivity index (χ0) is 17.4. The number of carboxylic acid groups (broad SMARTS) is 1. The molecule has 1 N–H and O–H groups in total. The Kier molecular flexibility index (Phi) is 4.98. The van der Waals surface area contributed by atoms with Crippen LogP contribution in [0.4, 0.5) is 0 Å². The summed E-state index contributed by atoms with van der Waals surface area (Å²) in [5, 5.41) is 9.71. The van der Waals surface area contributed by atoms with Crippen LogP contribution in [0.3, 0.4) is 0 Å². The van der Waals surface area contributed by atoms with Crippen molar-refractivity contribution in [3.8, 4) is 0 Å². The molecule has 0 fully saturated rings. The summed E-state index contributed by atoms with van der Waals surface area (Å²) in [5.41, 5.74) is 2.08. The molecule has 2 aliphatic carbocycles. The number of benzene rings is 1. The molecule has 0 saturated carbocycles. The molecule has 1 aromatic carbocycles. The maximum absolute atomic E-state index is 13.2. The molecule has 0 amide bonds. The predicted molar refractivity (Wildman–Crippen MR) is 95.5 cm³/mol. The molecule has 128 valence electrons. The van der Waals surface area contributed by atoms with Gasteiger partial charge in [0, 0.05) is 0 Å². The van der Waals surface area contributed by atoms with E-state index < -0.39 is 11.9 Å². The molecule has 2 aliphatic rings. The van der Waals surface area contributed by atoms with E-state index >= 15 is 0 Å². The summed E-state index contributed by atoms with van der Waals surface area (Å²) in [6, 6.07) is 9.87. The minimum absolute atomic E-state index is 0.110. The van der Waals surface area contributed by atoms with E-state index in [1.54, 1.807) is 0 Å². The summed E-state index contributed by atoms with van der Waals surface area (Å²) in [6.45, 7) is 6.57. The third kappa shape index (κ3) is 3.10. The van der Waals surface area contributed by atoms with E-state index in [4.69, 9.17) is 0 Å². The molecule has 0 aliphatic heterocycles. The first-order valence-electron chi connectivity index (χ1n) is 8.60. The monoisotopic (exact) mass is 392 g/mol. The van der Waals surface area contributed by atoms with Gasteiger partial charge in [-0.2, -0.15) is 0 Å². The number of Topliss-reactive ketones (excluding diaryl/α,β-unsaturated/α-hetero) is 1. The van der Waals surface area contributed by atoms with Crippen LogP contribution in [-0.2, 0) is 9.59 Å². The van der Waals surface area contributed by atoms with Crippen molar-refractivity contribution in [1.82, 2.24) is 0 Å². The second kappa shape index (κ2) is 6.85. The Morgan fingerprint density at radius 2 is 1.79 bits per heavy atom. The quantitative estimate of drug-likeness (QED) is 0.806. The van der Waals surface area contributed by atoms with E-state index in [1.807, 2.05) is 30.3 Å². The standard InChI is InChI=1S/C20H24O3Se/c1-11-9-14-10-16(20(22)23)19(24-15-7-5-4-6-8-15)18(21)17(14)13(3)12(11)2/h4-8,11-13,16,19H,9-10H2,1-3H3,(H,22,23). The van der Waals surface area contributed by atoms with Crippen molar-refractivity contribution in [2.45, 2.75) is 38.4 Å². The Morgan fingerprint density at radius 3 is 2.42 bits per heavy atom. The summed E-state index contributed by atoms with van der Waals surface area (Å²) in [5.74, 6) is -0.0594. The van der Waals surface area contributed by atoms with Gasteiger partial charge in [-0.15, -0.1) is 0 Å². The molecule has 0 saturated heterocycles. The van der Waals surface area contributed by atoms with Crippen LogP contribution in [0.2, 0.25) is 4.82 Å². The molecule has 0 bridgehead atoms. The molecule has 0 radical (unpaired) electrons. The summed E-state index contributed by atoms with van der Waals surface area (Å²) in [7, 11) is 0. The van der Waals surface area contributed by atoms with E-state index in [1.165, 1.54) is 0 Å². The van der Waals surface area contributed by atoms with Crippen LogP contribution >= 0.6 is 0 Å². The average Bonchev–Trinajstić information content (AvgIpc) is 2.55. The van der Waals surface area contributed by atoms with Crippen LogP contribution in [0.1, 0.15) is 33.6 Å².